The first-order valence-electron chi connectivity index (χ1n) is 4.64. The van der Waals surface area contributed by atoms with Crippen molar-refractivity contribution >= 4 is 5.97 Å². The van der Waals surface area contributed by atoms with Gasteiger partial charge < -0.3 is 9.84 Å². The van der Waals surface area contributed by atoms with E-state index in [1.807, 2.05) is 0 Å². The fourth-order valence-corrected chi connectivity index (χ4v) is 2.35. The lowest BCUT2D eigenvalue weighted by molar-refractivity contribution is -0.145. The Labute approximate surface area is 71.7 Å². The summed E-state index contributed by atoms with van der Waals surface area (Å²) in [5.41, 5.74) is 0. The largest absolute Gasteiger partial charge is 0.462 e. The zero-order valence-corrected chi connectivity index (χ0v) is 7.03. The Morgan fingerprint density at radius 2 is 2.17 bits per heavy atom. The highest BCUT2D eigenvalue weighted by Gasteiger charge is 2.44. The molecule has 12 heavy (non-hydrogen) atoms. The Bertz CT molecular complexity index is 190. The van der Waals surface area contributed by atoms with E-state index in [2.05, 4.69) is 0 Å². The first-order chi connectivity index (χ1) is 5.83. The van der Waals surface area contributed by atoms with Gasteiger partial charge in [-0.15, -0.1) is 0 Å². The Kier molecular flexibility index (Phi) is 2.05. The van der Waals surface area contributed by atoms with Crippen LogP contribution in [0.2, 0.25) is 0 Å². The van der Waals surface area contributed by atoms with E-state index in [9.17, 15) is 4.79 Å². The van der Waals surface area contributed by atoms with Crippen molar-refractivity contribution < 1.29 is 14.6 Å². The minimum atomic E-state index is -0.227. The number of carbonyl (C=O) groups excluding carboxylic acids is 1. The third-order valence-corrected chi connectivity index (χ3v) is 3.04. The Morgan fingerprint density at radius 3 is 2.92 bits per heavy atom. The number of hydrogen-bond acceptors (Lipinski definition) is 3. The zero-order chi connectivity index (χ0) is 8.55. The highest BCUT2D eigenvalue weighted by molar-refractivity contribution is 5.75. The van der Waals surface area contributed by atoms with E-state index >= 15 is 0 Å². The van der Waals surface area contributed by atoms with Gasteiger partial charge in [-0.3, -0.25) is 4.79 Å². The smallest absolute Gasteiger partial charge is 0.311 e. The number of fused-ring (bicyclic) bond motifs is 1. The zero-order valence-electron chi connectivity index (χ0n) is 7.03. The monoisotopic (exact) mass is 170 g/mol. The van der Waals surface area contributed by atoms with Crippen molar-refractivity contribution in [3.8, 4) is 0 Å². The van der Waals surface area contributed by atoms with Gasteiger partial charge in [0.1, 0.15) is 6.10 Å². The van der Waals surface area contributed by atoms with Crippen molar-refractivity contribution in [1.29, 1.82) is 0 Å². The molecule has 3 atom stereocenters. The summed E-state index contributed by atoms with van der Waals surface area (Å²) >= 11 is 0. The highest BCUT2D eigenvalue weighted by Crippen LogP contribution is 2.38. The molecular formula is C9H14O3. The Hall–Kier alpha value is -0.570. The van der Waals surface area contributed by atoms with Crippen LogP contribution in [-0.2, 0) is 9.53 Å². The second-order valence-corrected chi connectivity index (χ2v) is 3.71. The van der Waals surface area contributed by atoms with Crippen molar-refractivity contribution in [3.05, 3.63) is 0 Å². The number of hydrogen-bond donors (Lipinski definition) is 1. The van der Waals surface area contributed by atoms with E-state index in [0.29, 0.717) is 5.92 Å². The topological polar surface area (TPSA) is 46.5 Å². The predicted molar refractivity (Wildman–Crippen MR) is 42.4 cm³/mol. The SMILES string of the molecule is O=C1OC2CCCCC2C1CO. The van der Waals surface area contributed by atoms with E-state index in [-0.39, 0.29) is 24.6 Å². The summed E-state index contributed by atoms with van der Waals surface area (Å²) in [6.45, 7) is -0.0417. The molecule has 1 heterocycles. The van der Waals surface area contributed by atoms with Crippen LogP contribution in [0.3, 0.4) is 0 Å². The van der Waals surface area contributed by atoms with Gasteiger partial charge in [-0.25, -0.2) is 0 Å². The summed E-state index contributed by atoms with van der Waals surface area (Å²) in [7, 11) is 0. The second kappa shape index (κ2) is 3.05. The van der Waals surface area contributed by atoms with E-state index in [0.717, 1.165) is 19.3 Å². The summed E-state index contributed by atoms with van der Waals surface area (Å²) in [6, 6.07) is 0. The van der Waals surface area contributed by atoms with Gasteiger partial charge in [0, 0.05) is 5.92 Å². The quantitative estimate of drug-likeness (QED) is 0.589. The Balaban J connectivity index is 2.10. The Morgan fingerprint density at radius 1 is 1.42 bits per heavy atom. The molecule has 3 heteroatoms. The average Bonchev–Trinajstić information content (AvgIpc) is 2.40. The lowest BCUT2D eigenvalue weighted by Crippen LogP contribution is -2.26. The second-order valence-electron chi connectivity index (χ2n) is 3.71. The van der Waals surface area contributed by atoms with Crippen LogP contribution in [-0.4, -0.2) is 23.8 Å². The van der Waals surface area contributed by atoms with Gasteiger partial charge in [-0.2, -0.15) is 0 Å². The molecule has 68 valence electrons. The molecule has 1 aliphatic carbocycles. The molecule has 2 fully saturated rings. The molecule has 0 aromatic rings. The van der Waals surface area contributed by atoms with Crippen molar-refractivity contribution in [2.75, 3.05) is 6.61 Å². The van der Waals surface area contributed by atoms with Crippen LogP contribution in [0.15, 0.2) is 0 Å². The van der Waals surface area contributed by atoms with Gasteiger partial charge in [-0.1, -0.05) is 6.42 Å². The van der Waals surface area contributed by atoms with Crippen LogP contribution < -0.4 is 0 Å². The van der Waals surface area contributed by atoms with Crippen LogP contribution >= 0.6 is 0 Å². The third-order valence-electron chi connectivity index (χ3n) is 3.04. The predicted octanol–water partition coefficient (Wildman–Crippen LogP) is 0.710. The molecule has 1 saturated heterocycles. The van der Waals surface area contributed by atoms with Gasteiger partial charge >= 0.3 is 5.97 Å². The van der Waals surface area contributed by atoms with E-state index in [4.69, 9.17) is 9.84 Å². The molecule has 0 aromatic heterocycles. The van der Waals surface area contributed by atoms with Crippen molar-refractivity contribution in [2.45, 2.75) is 31.8 Å². The first kappa shape index (κ1) is 8.05. The molecule has 3 unspecified atom stereocenters. The molecule has 1 N–H and O–H groups in total. The summed E-state index contributed by atoms with van der Waals surface area (Å²) in [5.74, 6) is -0.110. The molecule has 0 bridgehead atoms. The molecule has 1 aliphatic heterocycles. The fraction of sp³-hybridized carbons (Fsp3) is 0.889. The summed E-state index contributed by atoms with van der Waals surface area (Å²) < 4.78 is 5.17. The van der Waals surface area contributed by atoms with E-state index in [1.54, 1.807) is 0 Å². The lowest BCUT2D eigenvalue weighted by Gasteiger charge is -2.24. The summed E-state index contributed by atoms with van der Waals surface area (Å²) in [4.78, 5) is 11.2. The lowest BCUT2D eigenvalue weighted by atomic mass is 9.80. The van der Waals surface area contributed by atoms with Gasteiger partial charge in [0.05, 0.1) is 12.5 Å². The number of aliphatic hydroxyl groups excluding tert-OH is 1. The van der Waals surface area contributed by atoms with Gasteiger partial charge in [-0.05, 0) is 19.3 Å². The maximum atomic E-state index is 11.2. The van der Waals surface area contributed by atoms with E-state index < -0.39 is 0 Å². The third kappa shape index (κ3) is 1.12. The maximum absolute atomic E-state index is 11.2. The van der Waals surface area contributed by atoms with E-state index in [1.165, 1.54) is 6.42 Å². The van der Waals surface area contributed by atoms with Crippen LogP contribution in [0.1, 0.15) is 25.7 Å². The van der Waals surface area contributed by atoms with Crippen molar-refractivity contribution in [2.24, 2.45) is 11.8 Å². The molecule has 2 rings (SSSR count). The van der Waals surface area contributed by atoms with Crippen LogP contribution in [0.4, 0.5) is 0 Å². The van der Waals surface area contributed by atoms with Crippen LogP contribution in [0.5, 0.6) is 0 Å². The fourth-order valence-electron chi connectivity index (χ4n) is 2.35. The number of ether oxygens (including phenoxy) is 1. The van der Waals surface area contributed by atoms with Crippen LogP contribution in [0, 0.1) is 11.8 Å². The number of aliphatic hydroxyl groups is 1. The molecule has 0 spiro atoms. The minimum Gasteiger partial charge on any atom is -0.462 e. The normalized spacial score (nSPS) is 40.8. The number of esters is 1. The summed E-state index contributed by atoms with van der Waals surface area (Å²) in [5, 5.41) is 8.97. The van der Waals surface area contributed by atoms with Gasteiger partial charge in [0.15, 0.2) is 0 Å². The molecular weight excluding hydrogens is 156 g/mol. The average molecular weight is 170 g/mol. The standard InChI is InChI=1S/C9H14O3/c10-5-7-6-3-1-2-4-8(6)12-9(7)11/h6-8,10H,1-5H2. The molecule has 2 aliphatic rings. The van der Waals surface area contributed by atoms with Gasteiger partial charge in [0.2, 0.25) is 0 Å². The highest BCUT2D eigenvalue weighted by atomic mass is 16.6. The van der Waals surface area contributed by atoms with Crippen molar-refractivity contribution in [1.82, 2.24) is 0 Å². The molecule has 1 saturated carbocycles. The molecule has 0 radical (unpaired) electrons. The van der Waals surface area contributed by atoms with Crippen molar-refractivity contribution in [3.63, 3.8) is 0 Å². The molecule has 3 nitrogen and oxygen atoms in total. The maximum Gasteiger partial charge on any atom is 0.311 e. The number of rotatable bonds is 1. The number of carbonyl (C=O) groups is 1. The van der Waals surface area contributed by atoms with Gasteiger partial charge in [0.25, 0.3) is 0 Å². The minimum absolute atomic E-state index is 0.0417. The molecule has 0 amide bonds. The van der Waals surface area contributed by atoms with Crippen LogP contribution in [0.25, 0.3) is 0 Å². The first-order valence-corrected chi connectivity index (χ1v) is 4.64. The summed E-state index contributed by atoms with van der Waals surface area (Å²) in [6.07, 6.45) is 4.48. The molecule has 0 aromatic carbocycles.